The number of urea groups is 1. The van der Waals surface area contributed by atoms with Crippen LogP contribution in [-0.4, -0.2) is 32.4 Å². The predicted molar refractivity (Wildman–Crippen MR) is 115 cm³/mol. The van der Waals surface area contributed by atoms with Crippen molar-refractivity contribution in [2.24, 2.45) is 0 Å². The van der Waals surface area contributed by atoms with Crippen LogP contribution in [0.5, 0.6) is 17.2 Å². The summed E-state index contributed by atoms with van der Waals surface area (Å²) in [5.74, 6) is 1.87. The molecule has 2 rings (SSSR count). The van der Waals surface area contributed by atoms with Gasteiger partial charge in [-0.15, -0.1) is 0 Å². The summed E-state index contributed by atoms with van der Waals surface area (Å²) in [6.07, 6.45) is 0.646. The summed E-state index contributed by atoms with van der Waals surface area (Å²) in [4.78, 5) is 12.1. The number of amides is 2. The van der Waals surface area contributed by atoms with E-state index >= 15 is 0 Å². The lowest BCUT2D eigenvalue weighted by atomic mass is 10.2. The molecule has 2 amide bonds. The number of hydrogen-bond acceptors (Lipinski definition) is 4. The predicted octanol–water partition coefficient (Wildman–Crippen LogP) is 5.49. The SMILES string of the molecule is CCOc1ccc(NC(=O)NCCCOc2ccc(Br)cc2Cl)cc1OCC. The van der Waals surface area contributed by atoms with Gasteiger partial charge in [-0.25, -0.2) is 4.79 Å². The topological polar surface area (TPSA) is 68.8 Å². The minimum absolute atomic E-state index is 0.298. The van der Waals surface area contributed by atoms with Gasteiger partial charge in [-0.2, -0.15) is 0 Å². The highest BCUT2D eigenvalue weighted by molar-refractivity contribution is 9.10. The van der Waals surface area contributed by atoms with E-state index in [0.29, 0.717) is 60.7 Å². The molecule has 0 bridgehead atoms. The van der Waals surface area contributed by atoms with Gasteiger partial charge in [0, 0.05) is 22.8 Å². The third-order valence-electron chi connectivity index (χ3n) is 3.56. The van der Waals surface area contributed by atoms with E-state index in [0.717, 1.165) is 4.47 Å². The molecule has 2 aromatic carbocycles. The summed E-state index contributed by atoms with van der Waals surface area (Å²) in [6.45, 7) is 5.77. The molecule has 28 heavy (non-hydrogen) atoms. The van der Waals surface area contributed by atoms with E-state index in [4.69, 9.17) is 25.8 Å². The summed E-state index contributed by atoms with van der Waals surface area (Å²) < 4.78 is 17.6. The molecule has 2 aromatic rings. The quantitative estimate of drug-likeness (QED) is 0.450. The molecule has 0 saturated heterocycles. The van der Waals surface area contributed by atoms with E-state index in [1.165, 1.54) is 0 Å². The van der Waals surface area contributed by atoms with Crippen molar-refractivity contribution in [3.05, 3.63) is 45.9 Å². The van der Waals surface area contributed by atoms with Gasteiger partial charge in [-0.3, -0.25) is 0 Å². The van der Waals surface area contributed by atoms with Gasteiger partial charge in [0.1, 0.15) is 5.75 Å². The van der Waals surface area contributed by atoms with Crippen molar-refractivity contribution in [1.29, 1.82) is 0 Å². The Hall–Kier alpha value is -2.12. The Morgan fingerprint density at radius 1 is 1.00 bits per heavy atom. The Morgan fingerprint density at radius 2 is 1.71 bits per heavy atom. The lowest BCUT2D eigenvalue weighted by Gasteiger charge is -2.13. The van der Waals surface area contributed by atoms with Crippen LogP contribution in [0.1, 0.15) is 20.3 Å². The maximum Gasteiger partial charge on any atom is 0.319 e. The van der Waals surface area contributed by atoms with Crippen LogP contribution in [0, 0.1) is 0 Å². The second-order valence-electron chi connectivity index (χ2n) is 5.69. The van der Waals surface area contributed by atoms with Crippen LogP contribution in [0.25, 0.3) is 0 Å². The van der Waals surface area contributed by atoms with E-state index in [1.54, 1.807) is 30.3 Å². The summed E-state index contributed by atoms with van der Waals surface area (Å²) in [6, 6.07) is 10.4. The minimum atomic E-state index is -0.298. The van der Waals surface area contributed by atoms with Gasteiger partial charge in [-0.05, 0) is 50.6 Å². The molecule has 0 atom stereocenters. The average Bonchev–Trinajstić information content (AvgIpc) is 2.65. The van der Waals surface area contributed by atoms with Crippen LogP contribution in [0.2, 0.25) is 5.02 Å². The zero-order valence-corrected chi connectivity index (χ0v) is 18.2. The fraction of sp³-hybridized carbons (Fsp3) is 0.350. The fourth-order valence-electron chi connectivity index (χ4n) is 2.35. The Morgan fingerprint density at radius 3 is 2.43 bits per heavy atom. The highest BCUT2D eigenvalue weighted by Crippen LogP contribution is 2.30. The molecule has 152 valence electrons. The minimum Gasteiger partial charge on any atom is -0.492 e. The first kappa shape index (κ1) is 22.2. The Labute approximate surface area is 178 Å². The van der Waals surface area contributed by atoms with E-state index in [2.05, 4.69) is 26.6 Å². The molecule has 0 aliphatic rings. The fourth-order valence-corrected chi connectivity index (χ4v) is 3.08. The number of rotatable bonds is 10. The zero-order chi connectivity index (χ0) is 20.4. The van der Waals surface area contributed by atoms with Gasteiger partial charge in [0.25, 0.3) is 0 Å². The normalized spacial score (nSPS) is 10.3. The third kappa shape index (κ3) is 7.13. The highest BCUT2D eigenvalue weighted by Gasteiger charge is 2.08. The summed E-state index contributed by atoms with van der Waals surface area (Å²) in [5.41, 5.74) is 0.627. The monoisotopic (exact) mass is 470 g/mol. The number of hydrogen-bond donors (Lipinski definition) is 2. The molecule has 0 unspecified atom stereocenters. The number of carbonyl (C=O) groups excluding carboxylic acids is 1. The van der Waals surface area contributed by atoms with Crippen molar-refractivity contribution in [3.8, 4) is 17.2 Å². The Kier molecular flexibility index (Phi) is 9.23. The van der Waals surface area contributed by atoms with Crippen LogP contribution in [0.4, 0.5) is 10.5 Å². The number of ether oxygens (including phenoxy) is 3. The standard InChI is InChI=1S/C20H24BrClN2O4/c1-3-26-18-9-7-15(13-19(18)27-4-2)24-20(25)23-10-5-11-28-17-8-6-14(21)12-16(17)22/h6-9,12-13H,3-5,10-11H2,1-2H3,(H2,23,24,25). The van der Waals surface area contributed by atoms with Crippen molar-refractivity contribution < 1.29 is 19.0 Å². The first-order valence-corrected chi connectivity index (χ1v) is 10.2. The van der Waals surface area contributed by atoms with Gasteiger partial charge in [0.2, 0.25) is 0 Å². The molecule has 0 aromatic heterocycles. The van der Waals surface area contributed by atoms with Gasteiger partial charge >= 0.3 is 6.03 Å². The number of benzene rings is 2. The molecule has 0 fully saturated rings. The summed E-state index contributed by atoms with van der Waals surface area (Å²) >= 11 is 9.44. The maximum absolute atomic E-state index is 12.1. The third-order valence-corrected chi connectivity index (χ3v) is 4.35. The van der Waals surface area contributed by atoms with Gasteiger partial charge in [-0.1, -0.05) is 27.5 Å². The molecule has 0 aliphatic heterocycles. The van der Waals surface area contributed by atoms with Crippen molar-refractivity contribution in [3.63, 3.8) is 0 Å². The smallest absolute Gasteiger partial charge is 0.319 e. The lowest BCUT2D eigenvalue weighted by Crippen LogP contribution is -2.30. The zero-order valence-electron chi connectivity index (χ0n) is 15.9. The second-order valence-corrected chi connectivity index (χ2v) is 7.01. The van der Waals surface area contributed by atoms with Crippen molar-refractivity contribution in [2.75, 3.05) is 31.7 Å². The first-order valence-electron chi connectivity index (χ1n) is 9.05. The number of anilines is 1. The van der Waals surface area contributed by atoms with E-state index < -0.39 is 0 Å². The first-order chi connectivity index (χ1) is 13.5. The van der Waals surface area contributed by atoms with Crippen LogP contribution >= 0.6 is 27.5 Å². The lowest BCUT2D eigenvalue weighted by molar-refractivity contribution is 0.250. The van der Waals surface area contributed by atoms with Crippen molar-refractivity contribution in [1.82, 2.24) is 5.32 Å². The summed E-state index contributed by atoms with van der Waals surface area (Å²) in [7, 11) is 0. The van der Waals surface area contributed by atoms with Crippen molar-refractivity contribution in [2.45, 2.75) is 20.3 Å². The summed E-state index contributed by atoms with van der Waals surface area (Å²) in [5, 5.41) is 6.11. The molecule has 0 heterocycles. The number of nitrogens with one attached hydrogen (secondary N) is 2. The number of halogens is 2. The Bertz CT molecular complexity index is 789. The van der Waals surface area contributed by atoms with Gasteiger partial charge < -0.3 is 24.8 Å². The molecule has 0 radical (unpaired) electrons. The highest BCUT2D eigenvalue weighted by atomic mass is 79.9. The molecular formula is C20H24BrClN2O4. The van der Waals surface area contributed by atoms with Crippen LogP contribution in [0.15, 0.2) is 40.9 Å². The Balaban J connectivity index is 1.75. The van der Waals surface area contributed by atoms with Crippen LogP contribution in [-0.2, 0) is 0 Å². The largest absolute Gasteiger partial charge is 0.492 e. The maximum atomic E-state index is 12.1. The van der Waals surface area contributed by atoms with Gasteiger partial charge in [0.05, 0.1) is 24.8 Å². The van der Waals surface area contributed by atoms with Crippen molar-refractivity contribution >= 4 is 39.2 Å². The molecular weight excluding hydrogens is 448 g/mol. The molecule has 8 heteroatoms. The molecule has 6 nitrogen and oxygen atoms in total. The molecule has 2 N–H and O–H groups in total. The number of carbonyl (C=O) groups is 1. The van der Waals surface area contributed by atoms with E-state index in [1.807, 2.05) is 19.9 Å². The van der Waals surface area contributed by atoms with Gasteiger partial charge in [0.15, 0.2) is 11.5 Å². The van der Waals surface area contributed by atoms with Crippen LogP contribution in [0.3, 0.4) is 0 Å². The van der Waals surface area contributed by atoms with Crippen LogP contribution < -0.4 is 24.8 Å². The van der Waals surface area contributed by atoms with E-state index in [-0.39, 0.29) is 6.03 Å². The molecule has 0 spiro atoms. The average molecular weight is 472 g/mol. The molecule has 0 aliphatic carbocycles. The molecule has 0 saturated carbocycles. The second kappa shape index (κ2) is 11.7. The van der Waals surface area contributed by atoms with E-state index in [9.17, 15) is 4.79 Å².